The lowest BCUT2D eigenvalue weighted by Crippen LogP contribution is -2.06. The highest BCUT2D eigenvalue weighted by atomic mass is 79.9. The quantitative estimate of drug-likeness (QED) is 0.331. The van der Waals surface area contributed by atoms with Crippen LogP contribution >= 0.6 is 12.9 Å². The molecular weight excluding hydrogens is 320 g/mol. The van der Waals surface area contributed by atoms with Crippen molar-refractivity contribution in [2.24, 2.45) is 0 Å². The molecule has 0 aliphatic rings. The highest BCUT2D eigenvalue weighted by Crippen LogP contribution is 2.12. The summed E-state index contributed by atoms with van der Waals surface area (Å²) < 4.78 is 1.51. The Hall–Kier alpha value is 0.466. The van der Waals surface area contributed by atoms with Crippen molar-refractivity contribution in [2.45, 2.75) is 77.6 Å². The van der Waals surface area contributed by atoms with Crippen LogP contribution in [0.2, 0.25) is 0 Å². The van der Waals surface area contributed by atoms with Gasteiger partial charge in [-0.15, -0.1) is 0 Å². The summed E-state index contributed by atoms with van der Waals surface area (Å²) in [6.07, 6.45) is 15.5. The zero-order chi connectivity index (χ0) is 14.5. The van der Waals surface area contributed by atoms with Crippen molar-refractivity contribution in [1.82, 2.24) is 0 Å². The molecule has 20 heavy (non-hydrogen) atoms. The van der Waals surface area contributed by atoms with E-state index in [0.29, 0.717) is 0 Å². The molecule has 0 atom stereocenters. The molecule has 110 valence electrons. The summed E-state index contributed by atoms with van der Waals surface area (Å²) in [7, 11) is 0. The van der Waals surface area contributed by atoms with Crippen LogP contribution in [0.3, 0.4) is 0 Å². The average molecular weight is 350 g/mol. The molecule has 2 heteroatoms. The van der Waals surface area contributed by atoms with Crippen LogP contribution in [0.15, 0.2) is 24.3 Å². The molecule has 0 saturated heterocycles. The maximum Gasteiger partial charge on any atom is 0.506 e. The van der Waals surface area contributed by atoms with Gasteiger partial charge in [0.05, 0.1) is 0 Å². The Morgan fingerprint density at radius 2 is 1.25 bits per heavy atom. The molecule has 0 radical (unpaired) electrons. The van der Waals surface area contributed by atoms with Crippen LogP contribution in [0, 0.1) is 0 Å². The molecule has 0 saturated carbocycles. The van der Waals surface area contributed by atoms with Gasteiger partial charge in [-0.25, -0.2) is 0 Å². The van der Waals surface area contributed by atoms with Gasteiger partial charge in [0, 0.05) is 0 Å². The van der Waals surface area contributed by atoms with Gasteiger partial charge >= 0.3 is 18.2 Å². The molecule has 1 aromatic rings. The van der Waals surface area contributed by atoms with Gasteiger partial charge in [-0.1, -0.05) is 89.0 Å². The number of aryl methyl sites for hydroxylation is 1. The third-order valence-corrected chi connectivity index (χ3v) is 6.72. The predicted octanol–water partition coefficient (Wildman–Crippen LogP) is 5.79. The first-order valence-corrected chi connectivity index (χ1v) is 13.1. The zero-order valence-electron chi connectivity index (χ0n) is 13.2. The Kier molecular flexibility index (Phi) is 12.2. The lowest BCUT2D eigenvalue weighted by molar-refractivity contribution is 0.556. The lowest BCUT2D eigenvalue weighted by atomic mass is 10.0. The fourth-order valence-electron chi connectivity index (χ4n) is 2.61. The Bertz CT molecular complexity index is 321. The molecule has 0 nitrogen and oxygen atoms in total. The van der Waals surface area contributed by atoms with Crippen LogP contribution in [0.4, 0.5) is 0 Å². The number of hydrogen-bond acceptors (Lipinski definition) is 0. The molecule has 0 aliphatic heterocycles. The van der Waals surface area contributed by atoms with Crippen LogP contribution in [0.25, 0.3) is 0 Å². The van der Waals surface area contributed by atoms with Gasteiger partial charge in [-0.3, -0.25) is 12.9 Å². The van der Waals surface area contributed by atoms with Crippen molar-refractivity contribution in [1.29, 1.82) is 0 Å². The van der Waals surface area contributed by atoms with E-state index in [0.717, 1.165) is 0 Å². The fourth-order valence-corrected chi connectivity index (χ4v) is 4.15. The Balaban J connectivity index is 1.91. The van der Waals surface area contributed by atoms with E-state index in [-0.39, 0.29) is 18.2 Å². The summed E-state index contributed by atoms with van der Waals surface area (Å²) in [5.41, 5.74) is 1.52. The van der Waals surface area contributed by atoms with Crippen molar-refractivity contribution >= 4 is 34.8 Å². The smallest absolute Gasteiger partial charge is 0.296 e. The molecule has 1 aromatic carbocycles. The molecule has 0 aromatic heterocycles. The van der Waals surface area contributed by atoms with Crippen molar-refractivity contribution in [3.8, 4) is 0 Å². The van der Waals surface area contributed by atoms with Crippen molar-refractivity contribution in [2.75, 3.05) is 0 Å². The molecule has 0 aliphatic carbocycles. The second-order valence-electron chi connectivity index (χ2n) is 5.88. The second-order valence-corrected chi connectivity index (χ2v) is 8.65. The summed E-state index contributed by atoms with van der Waals surface area (Å²) in [6.45, 7) is 2.29. The summed E-state index contributed by atoms with van der Waals surface area (Å²) in [6, 6.07) is 9.23. The van der Waals surface area contributed by atoms with Crippen LogP contribution in [0.1, 0.15) is 76.7 Å². The minimum atomic E-state index is -0.154. The largest absolute Gasteiger partial charge is 0.506 e. The molecule has 0 bridgehead atoms. The molecule has 0 amide bonds. The van der Waals surface area contributed by atoms with E-state index in [2.05, 4.69) is 44.1 Å². The number of benzene rings is 1. The van der Waals surface area contributed by atoms with Gasteiger partial charge < -0.3 is 0 Å². The number of halogens is 1. The van der Waals surface area contributed by atoms with Crippen molar-refractivity contribution in [3.63, 3.8) is 0 Å². The summed E-state index contributed by atoms with van der Waals surface area (Å²) in [5.74, 6) is 0. The van der Waals surface area contributed by atoms with Gasteiger partial charge in [-0.05, 0) is 18.4 Å². The van der Waals surface area contributed by atoms with Crippen LogP contribution in [-0.4, -0.2) is 18.2 Å². The van der Waals surface area contributed by atoms with E-state index < -0.39 is 0 Å². The maximum absolute atomic E-state index is 3.63. The number of hydrogen-bond donors (Lipinski definition) is 0. The molecule has 0 heterocycles. The maximum atomic E-state index is 3.63. The van der Waals surface area contributed by atoms with Gasteiger partial charge in [0.2, 0.25) is 0 Å². The lowest BCUT2D eigenvalue weighted by Gasteiger charge is -2.04. The zero-order valence-corrected chi connectivity index (χ0v) is 16.2. The van der Waals surface area contributed by atoms with Gasteiger partial charge in [-0.2, -0.15) is 3.69 Å². The predicted molar refractivity (Wildman–Crippen MR) is 96.3 cm³/mol. The van der Waals surface area contributed by atoms with Crippen molar-refractivity contribution in [3.05, 3.63) is 29.8 Å². The molecule has 1 rings (SSSR count). The average Bonchev–Trinajstić information content (AvgIpc) is 2.50. The van der Waals surface area contributed by atoms with E-state index in [1.165, 1.54) is 79.9 Å². The van der Waals surface area contributed by atoms with E-state index >= 15 is 0 Å². The molecular formula is C18H29BrMg. The number of unbranched alkanes of at least 4 members (excludes halogenated alkanes) is 9. The van der Waals surface area contributed by atoms with Gasteiger partial charge in [0.15, 0.2) is 0 Å². The summed E-state index contributed by atoms with van der Waals surface area (Å²) in [5, 5.41) is 0. The van der Waals surface area contributed by atoms with Crippen LogP contribution < -0.4 is 3.69 Å². The standard InChI is InChI=1S/C18H29.BrH.Mg/c1-2-3-4-5-6-7-8-9-10-12-15-18-16-13-11-14-17-18;;/h13-14,16-17H,2-10,12,15H2,1H3;1H;/q;;+1/p-1. The topological polar surface area (TPSA) is 0 Å². The summed E-state index contributed by atoms with van der Waals surface area (Å²) >= 11 is 3.47. The molecule has 0 N–H and O–H groups in total. The van der Waals surface area contributed by atoms with Crippen molar-refractivity contribution < 1.29 is 0 Å². The van der Waals surface area contributed by atoms with Gasteiger partial charge in [0.1, 0.15) is 0 Å². The Labute approximate surface area is 141 Å². The van der Waals surface area contributed by atoms with E-state index in [4.69, 9.17) is 0 Å². The molecule has 0 spiro atoms. The monoisotopic (exact) mass is 348 g/mol. The SMILES string of the molecule is CCCCCCCCCCCCc1cc[c]([Mg][Br])cc1. The van der Waals surface area contributed by atoms with E-state index in [9.17, 15) is 0 Å². The Morgan fingerprint density at radius 3 is 1.75 bits per heavy atom. The normalized spacial score (nSPS) is 10.5. The minimum absolute atomic E-state index is 0.154. The number of rotatable bonds is 12. The first-order valence-electron chi connectivity index (χ1n) is 8.50. The third kappa shape index (κ3) is 9.41. The highest BCUT2D eigenvalue weighted by Gasteiger charge is 1.97. The molecule has 0 unspecified atom stereocenters. The highest BCUT2D eigenvalue weighted by molar-refractivity contribution is 9.23. The third-order valence-electron chi connectivity index (χ3n) is 4.00. The minimum Gasteiger partial charge on any atom is -0.296 e. The summed E-state index contributed by atoms with van der Waals surface area (Å²) in [4.78, 5) is 0. The molecule has 0 fully saturated rings. The fraction of sp³-hybridized carbons (Fsp3) is 0.667. The van der Waals surface area contributed by atoms with E-state index in [1.807, 2.05) is 0 Å². The Morgan fingerprint density at radius 1 is 0.750 bits per heavy atom. The first kappa shape index (κ1) is 18.5. The van der Waals surface area contributed by atoms with Crippen LogP contribution in [0.5, 0.6) is 0 Å². The van der Waals surface area contributed by atoms with Crippen LogP contribution in [-0.2, 0) is 6.42 Å². The first-order chi connectivity index (χ1) is 9.86. The van der Waals surface area contributed by atoms with Gasteiger partial charge in [0.25, 0.3) is 0 Å². The second kappa shape index (κ2) is 13.2. The van der Waals surface area contributed by atoms with E-state index in [1.54, 1.807) is 0 Å².